The van der Waals surface area contributed by atoms with Crippen LogP contribution in [-0.4, -0.2) is 20.2 Å². The van der Waals surface area contributed by atoms with Crippen LogP contribution in [0.5, 0.6) is 0 Å². The maximum atomic E-state index is 13.1. The fraction of sp³-hybridized carbons (Fsp3) is 0.368. The first-order chi connectivity index (χ1) is 11.2. The van der Waals surface area contributed by atoms with Crippen LogP contribution in [-0.2, 0) is 19.3 Å². The number of nitrogens with zero attached hydrogens (tertiary/aromatic N) is 2. The van der Waals surface area contributed by atoms with Gasteiger partial charge in [0.05, 0.1) is 17.7 Å². The van der Waals surface area contributed by atoms with E-state index in [0.717, 1.165) is 42.8 Å². The number of aryl methyl sites for hydroxylation is 2. The lowest BCUT2D eigenvalue weighted by Crippen LogP contribution is -2.26. The number of hydrogen-bond donors (Lipinski definition) is 1. The molecule has 23 heavy (non-hydrogen) atoms. The van der Waals surface area contributed by atoms with Crippen molar-refractivity contribution in [1.82, 2.24) is 14.4 Å². The Morgan fingerprint density at radius 1 is 1.39 bits per heavy atom. The van der Waals surface area contributed by atoms with Crippen molar-refractivity contribution in [2.75, 3.05) is 0 Å². The highest BCUT2D eigenvalue weighted by molar-refractivity contribution is 6.01. The second kappa shape index (κ2) is 5.37. The third-order valence-electron chi connectivity index (χ3n) is 5.13. The van der Waals surface area contributed by atoms with E-state index in [1.54, 1.807) is 6.33 Å². The van der Waals surface area contributed by atoms with Gasteiger partial charge in [-0.05, 0) is 49.4 Å². The summed E-state index contributed by atoms with van der Waals surface area (Å²) in [7, 11) is 0. The fourth-order valence-corrected chi connectivity index (χ4v) is 3.92. The lowest BCUT2D eigenvalue weighted by molar-refractivity contribution is 0.0894. The van der Waals surface area contributed by atoms with E-state index < -0.39 is 0 Å². The average Bonchev–Trinajstić information content (AvgIpc) is 3.11. The van der Waals surface area contributed by atoms with Crippen molar-refractivity contribution in [2.24, 2.45) is 5.92 Å². The van der Waals surface area contributed by atoms with Gasteiger partial charge in [0.15, 0.2) is 5.78 Å². The van der Waals surface area contributed by atoms with E-state index in [9.17, 15) is 4.79 Å². The molecule has 0 bridgehead atoms. The molecule has 0 amide bonds. The van der Waals surface area contributed by atoms with Crippen LogP contribution >= 0.6 is 0 Å². The highest BCUT2D eigenvalue weighted by atomic mass is 16.1. The van der Waals surface area contributed by atoms with Gasteiger partial charge >= 0.3 is 0 Å². The molecule has 0 saturated carbocycles. The number of nitrogens with one attached hydrogen (secondary N) is 1. The Morgan fingerprint density at radius 2 is 2.26 bits per heavy atom. The van der Waals surface area contributed by atoms with Crippen molar-refractivity contribution in [1.29, 1.82) is 0 Å². The monoisotopic (exact) mass is 307 g/mol. The van der Waals surface area contributed by atoms with Crippen LogP contribution in [0.25, 0.3) is 5.52 Å². The summed E-state index contributed by atoms with van der Waals surface area (Å²) in [5, 5.41) is 0. The molecule has 3 aromatic rings. The number of carbonyl (C=O) groups excluding carboxylic acids is 1. The Balaban J connectivity index is 1.78. The number of H-pyrrole nitrogens is 1. The number of Topliss-reactive ketones (excluding diaryl/α,β-unsaturated/α-hetero) is 1. The first-order valence-corrected chi connectivity index (χ1v) is 8.34. The van der Waals surface area contributed by atoms with E-state index in [-0.39, 0.29) is 11.7 Å². The van der Waals surface area contributed by atoms with Gasteiger partial charge in [0.1, 0.15) is 0 Å². The summed E-state index contributed by atoms with van der Waals surface area (Å²) in [6.45, 7) is 4.19. The van der Waals surface area contributed by atoms with Gasteiger partial charge in [-0.15, -0.1) is 0 Å². The summed E-state index contributed by atoms with van der Waals surface area (Å²) in [6, 6.07) is 6.17. The number of carbonyl (C=O) groups is 1. The predicted molar refractivity (Wildman–Crippen MR) is 89.9 cm³/mol. The molecule has 1 N–H and O–H groups in total. The quantitative estimate of drug-likeness (QED) is 0.805. The number of pyridine rings is 1. The maximum Gasteiger partial charge on any atom is 0.183 e. The molecule has 1 aliphatic rings. The van der Waals surface area contributed by atoms with Crippen LogP contribution in [0.4, 0.5) is 0 Å². The topological polar surface area (TPSA) is 50.2 Å². The number of aromatic nitrogens is 3. The van der Waals surface area contributed by atoms with Crippen molar-refractivity contribution >= 4 is 11.3 Å². The van der Waals surface area contributed by atoms with Crippen LogP contribution in [0.2, 0.25) is 0 Å². The molecule has 1 aliphatic carbocycles. The predicted octanol–water partition coefficient (Wildman–Crippen LogP) is 3.52. The molecule has 3 aromatic heterocycles. The lowest BCUT2D eigenvalue weighted by Gasteiger charge is -2.21. The highest BCUT2D eigenvalue weighted by Crippen LogP contribution is 2.34. The molecule has 4 heteroatoms. The smallest absolute Gasteiger partial charge is 0.183 e. The largest absolute Gasteiger partial charge is 0.348 e. The number of aromatic amines is 1. The summed E-state index contributed by atoms with van der Waals surface area (Å²) in [5.74, 6) is 0.307. The molecule has 0 fully saturated rings. The molecule has 1 unspecified atom stereocenters. The van der Waals surface area contributed by atoms with Gasteiger partial charge < -0.3 is 9.38 Å². The summed E-state index contributed by atoms with van der Waals surface area (Å²) < 4.78 is 2.10. The minimum Gasteiger partial charge on any atom is -0.348 e. The molecule has 4 rings (SSSR count). The molecular formula is C19H21N3O. The SMILES string of the molecule is CCc1c2c(n3ccccc13)C(=O)C(Cc1nc[nH]c1C)CC2. The van der Waals surface area contributed by atoms with Crippen molar-refractivity contribution in [2.45, 2.75) is 39.5 Å². The summed E-state index contributed by atoms with van der Waals surface area (Å²) in [6.07, 6.45) is 7.34. The molecule has 0 aliphatic heterocycles. The zero-order valence-electron chi connectivity index (χ0n) is 13.6. The Bertz CT molecular complexity index is 887. The Kier molecular flexibility index (Phi) is 3.33. The first-order valence-electron chi connectivity index (χ1n) is 8.34. The second-order valence-corrected chi connectivity index (χ2v) is 6.39. The zero-order valence-corrected chi connectivity index (χ0v) is 13.6. The minimum atomic E-state index is 0.0347. The fourth-order valence-electron chi connectivity index (χ4n) is 3.92. The van der Waals surface area contributed by atoms with Crippen LogP contribution in [0, 0.1) is 12.8 Å². The number of ketones is 1. The van der Waals surface area contributed by atoms with E-state index in [4.69, 9.17) is 0 Å². The van der Waals surface area contributed by atoms with E-state index in [2.05, 4.69) is 33.4 Å². The minimum absolute atomic E-state index is 0.0347. The van der Waals surface area contributed by atoms with Gasteiger partial charge in [-0.3, -0.25) is 4.79 Å². The van der Waals surface area contributed by atoms with E-state index in [0.29, 0.717) is 0 Å². The lowest BCUT2D eigenvalue weighted by atomic mass is 9.82. The Hall–Kier alpha value is -2.36. The maximum absolute atomic E-state index is 13.1. The second-order valence-electron chi connectivity index (χ2n) is 6.39. The normalized spacial score (nSPS) is 17.7. The van der Waals surface area contributed by atoms with Crippen LogP contribution in [0.3, 0.4) is 0 Å². The Labute approximate surface area is 135 Å². The van der Waals surface area contributed by atoms with Crippen LogP contribution in [0.15, 0.2) is 30.7 Å². The van der Waals surface area contributed by atoms with Crippen LogP contribution < -0.4 is 0 Å². The molecule has 0 radical (unpaired) electrons. The number of rotatable bonds is 3. The summed E-state index contributed by atoms with van der Waals surface area (Å²) in [5.41, 5.74) is 6.77. The van der Waals surface area contributed by atoms with E-state index in [1.807, 2.05) is 19.2 Å². The van der Waals surface area contributed by atoms with E-state index >= 15 is 0 Å². The Morgan fingerprint density at radius 3 is 3.00 bits per heavy atom. The summed E-state index contributed by atoms with van der Waals surface area (Å²) >= 11 is 0. The van der Waals surface area contributed by atoms with Gasteiger partial charge in [0.25, 0.3) is 0 Å². The standard InChI is InChI=1S/C19H21N3O/c1-3-14-15-8-7-13(10-16-12(2)20-11-21-16)19(23)18(15)22-9-5-4-6-17(14)22/h4-6,9,11,13H,3,7-8,10H2,1-2H3,(H,20,21). The number of imidazole rings is 1. The molecule has 1 atom stereocenters. The average molecular weight is 307 g/mol. The molecular weight excluding hydrogens is 286 g/mol. The van der Waals surface area contributed by atoms with Gasteiger partial charge in [-0.1, -0.05) is 13.0 Å². The molecule has 0 saturated heterocycles. The summed E-state index contributed by atoms with van der Waals surface area (Å²) in [4.78, 5) is 20.6. The zero-order chi connectivity index (χ0) is 16.0. The van der Waals surface area contributed by atoms with Gasteiger partial charge in [0.2, 0.25) is 0 Å². The van der Waals surface area contributed by atoms with Crippen LogP contribution in [0.1, 0.15) is 46.3 Å². The third-order valence-corrected chi connectivity index (χ3v) is 5.13. The van der Waals surface area contributed by atoms with Crippen molar-refractivity contribution < 1.29 is 4.79 Å². The third kappa shape index (κ3) is 2.12. The van der Waals surface area contributed by atoms with Crippen molar-refractivity contribution in [3.8, 4) is 0 Å². The van der Waals surface area contributed by atoms with Gasteiger partial charge in [-0.25, -0.2) is 4.98 Å². The molecule has 4 nitrogen and oxygen atoms in total. The van der Waals surface area contributed by atoms with Crippen molar-refractivity contribution in [3.63, 3.8) is 0 Å². The molecule has 0 aromatic carbocycles. The van der Waals surface area contributed by atoms with Gasteiger partial charge in [0, 0.05) is 29.7 Å². The number of hydrogen-bond acceptors (Lipinski definition) is 2. The van der Waals surface area contributed by atoms with E-state index in [1.165, 1.54) is 16.6 Å². The van der Waals surface area contributed by atoms with Crippen molar-refractivity contribution in [3.05, 3.63) is 58.9 Å². The molecule has 3 heterocycles. The first kappa shape index (κ1) is 14.2. The molecule has 118 valence electrons. The molecule has 0 spiro atoms. The highest BCUT2D eigenvalue weighted by Gasteiger charge is 2.33. The van der Waals surface area contributed by atoms with Gasteiger partial charge in [-0.2, -0.15) is 0 Å². The number of fused-ring (bicyclic) bond motifs is 3.